The van der Waals surface area contributed by atoms with Gasteiger partial charge in [-0.2, -0.15) is 5.10 Å². The standard InChI is InChI=1S/C23H22N4O6/c1-13-19-15(24-26-22(29)18-11-6-12-32-18)8-5-10-17(19)33-20(13)23(30)27-25-21(28)14-7-3-4-9-16(14)31-2/h3-4,6-7,9,11-12H,5,8,10H2,1-2H3,(H,25,28)(H,26,29)(H,27,30)/b24-15+. The van der Waals surface area contributed by atoms with Gasteiger partial charge in [-0.25, -0.2) is 5.43 Å². The van der Waals surface area contributed by atoms with E-state index in [0.29, 0.717) is 41.2 Å². The van der Waals surface area contributed by atoms with Crippen LogP contribution in [0.4, 0.5) is 0 Å². The van der Waals surface area contributed by atoms with Crippen LogP contribution in [-0.4, -0.2) is 30.5 Å². The van der Waals surface area contributed by atoms with Crippen LogP contribution in [0.15, 0.2) is 56.6 Å². The lowest BCUT2D eigenvalue weighted by atomic mass is 9.93. The Kier molecular flexibility index (Phi) is 6.25. The van der Waals surface area contributed by atoms with Crippen molar-refractivity contribution in [1.82, 2.24) is 16.3 Å². The molecule has 3 amide bonds. The number of carbonyl (C=O) groups is 3. The first-order chi connectivity index (χ1) is 16.0. The molecule has 0 unspecified atom stereocenters. The van der Waals surface area contributed by atoms with Crippen molar-refractivity contribution in [3.05, 3.63) is 76.6 Å². The Balaban J connectivity index is 1.48. The second kappa shape index (κ2) is 9.43. The van der Waals surface area contributed by atoms with Gasteiger partial charge in [0, 0.05) is 17.5 Å². The first-order valence-electron chi connectivity index (χ1n) is 10.3. The normalized spacial score (nSPS) is 13.8. The van der Waals surface area contributed by atoms with Gasteiger partial charge in [0.2, 0.25) is 0 Å². The fourth-order valence-electron chi connectivity index (χ4n) is 3.65. The highest BCUT2D eigenvalue weighted by molar-refractivity contribution is 6.07. The summed E-state index contributed by atoms with van der Waals surface area (Å²) in [6.07, 6.45) is 3.39. The average Bonchev–Trinajstić information content (AvgIpc) is 3.49. The number of nitrogens with one attached hydrogen (secondary N) is 3. The Morgan fingerprint density at radius 1 is 1.00 bits per heavy atom. The van der Waals surface area contributed by atoms with Gasteiger partial charge in [-0.1, -0.05) is 12.1 Å². The first-order valence-corrected chi connectivity index (χ1v) is 10.3. The van der Waals surface area contributed by atoms with Crippen molar-refractivity contribution in [2.45, 2.75) is 26.2 Å². The van der Waals surface area contributed by atoms with E-state index in [-0.39, 0.29) is 17.1 Å². The van der Waals surface area contributed by atoms with E-state index in [0.717, 1.165) is 6.42 Å². The summed E-state index contributed by atoms with van der Waals surface area (Å²) in [5.74, 6) is -0.422. The Morgan fingerprint density at radius 3 is 2.55 bits per heavy atom. The zero-order valence-electron chi connectivity index (χ0n) is 18.1. The molecule has 0 saturated carbocycles. The minimum atomic E-state index is -0.607. The molecule has 10 nitrogen and oxygen atoms in total. The number of benzene rings is 1. The van der Waals surface area contributed by atoms with Crippen molar-refractivity contribution in [2.75, 3.05) is 7.11 Å². The quantitative estimate of drug-likeness (QED) is 0.512. The third kappa shape index (κ3) is 4.49. The number of hydrazine groups is 1. The molecule has 0 radical (unpaired) electrons. The van der Waals surface area contributed by atoms with Crippen molar-refractivity contribution < 1.29 is 28.0 Å². The van der Waals surface area contributed by atoms with E-state index >= 15 is 0 Å². The van der Waals surface area contributed by atoms with Gasteiger partial charge in [0.1, 0.15) is 11.5 Å². The number of hydrogen-bond donors (Lipinski definition) is 3. The zero-order chi connectivity index (χ0) is 23.4. The molecule has 1 aromatic carbocycles. The lowest BCUT2D eigenvalue weighted by Gasteiger charge is -2.13. The van der Waals surface area contributed by atoms with Gasteiger partial charge in [0.15, 0.2) is 11.5 Å². The number of para-hydroxylation sites is 1. The van der Waals surface area contributed by atoms with Gasteiger partial charge in [0.05, 0.1) is 24.6 Å². The predicted molar refractivity (Wildman–Crippen MR) is 117 cm³/mol. The maximum absolute atomic E-state index is 12.7. The third-order valence-electron chi connectivity index (χ3n) is 5.21. The molecule has 1 aliphatic carbocycles. The molecule has 0 fully saturated rings. The van der Waals surface area contributed by atoms with Crippen LogP contribution in [0.1, 0.15) is 61.2 Å². The lowest BCUT2D eigenvalue weighted by molar-refractivity contribution is 0.0827. The van der Waals surface area contributed by atoms with Gasteiger partial charge >= 0.3 is 11.8 Å². The minimum Gasteiger partial charge on any atom is -0.496 e. The van der Waals surface area contributed by atoms with Gasteiger partial charge < -0.3 is 13.6 Å². The predicted octanol–water partition coefficient (Wildman–Crippen LogP) is 2.73. The second-order valence-corrected chi connectivity index (χ2v) is 7.29. The molecule has 2 heterocycles. The number of nitrogens with zero attached hydrogens (tertiary/aromatic N) is 1. The third-order valence-corrected chi connectivity index (χ3v) is 5.21. The highest BCUT2D eigenvalue weighted by Gasteiger charge is 2.28. The molecule has 3 N–H and O–H groups in total. The van der Waals surface area contributed by atoms with E-state index < -0.39 is 17.7 Å². The summed E-state index contributed by atoms with van der Waals surface area (Å²) in [4.78, 5) is 37.3. The van der Waals surface area contributed by atoms with E-state index in [1.165, 1.54) is 19.4 Å². The summed E-state index contributed by atoms with van der Waals surface area (Å²) in [5, 5.41) is 4.23. The van der Waals surface area contributed by atoms with Crippen molar-refractivity contribution in [1.29, 1.82) is 0 Å². The maximum atomic E-state index is 12.7. The average molecular weight is 450 g/mol. The van der Waals surface area contributed by atoms with Crippen LogP contribution >= 0.6 is 0 Å². The maximum Gasteiger partial charge on any atom is 0.307 e. The Hall–Kier alpha value is -4.34. The molecular weight excluding hydrogens is 428 g/mol. The largest absolute Gasteiger partial charge is 0.496 e. The molecule has 2 aromatic heterocycles. The van der Waals surface area contributed by atoms with E-state index in [4.69, 9.17) is 13.6 Å². The molecule has 170 valence electrons. The van der Waals surface area contributed by atoms with E-state index in [1.807, 2.05) is 0 Å². The summed E-state index contributed by atoms with van der Waals surface area (Å²) >= 11 is 0. The summed E-state index contributed by atoms with van der Waals surface area (Å²) in [7, 11) is 1.46. The van der Waals surface area contributed by atoms with Crippen LogP contribution < -0.4 is 21.0 Å². The summed E-state index contributed by atoms with van der Waals surface area (Å²) in [5.41, 5.74) is 9.35. The number of carbonyl (C=O) groups excluding carboxylic acids is 3. The van der Waals surface area contributed by atoms with Gasteiger partial charge in [-0.15, -0.1) is 0 Å². The number of rotatable bonds is 5. The fraction of sp³-hybridized carbons (Fsp3) is 0.217. The number of amides is 3. The molecular formula is C23H22N4O6. The highest BCUT2D eigenvalue weighted by atomic mass is 16.5. The van der Waals surface area contributed by atoms with Gasteiger partial charge in [-0.3, -0.25) is 25.2 Å². The summed E-state index contributed by atoms with van der Waals surface area (Å²) in [6.45, 7) is 1.73. The van der Waals surface area contributed by atoms with Crippen LogP contribution in [0.3, 0.4) is 0 Å². The number of hydrogen-bond acceptors (Lipinski definition) is 7. The molecule has 1 aliphatic rings. The fourth-order valence-corrected chi connectivity index (χ4v) is 3.65. The number of ether oxygens (including phenoxy) is 1. The molecule has 0 spiro atoms. The number of hydrazone groups is 1. The molecule has 0 aliphatic heterocycles. The smallest absolute Gasteiger partial charge is 0.307 e. The van der Waals surface area contributed by atoms with Crippen molar-refractivity contribution in [2.24, 2.45) is 5.10 Å². The van der Waals surface area contributed by atoms with Crippen LogP contribution in [0, 0.1) is 6.92 Å². The minimum absolute atomic E-state index is 0.0623. The first kappa shape index (κ1) is 21.9. The monoisotopic (exact) mass is 450 g/mol. The SMILES string of the molecule is COc1ccccc1C(=O)NNC(=O)c1oc2c(c1C)/C(=N/NC(=O)c1ccco1)CCC2. The number of aryl methyl sites for hydroxylation is 1. The summed E-state index contributed by atoms with van der Waals surface area (Å²) < 4.78 is 16.0. The van der Waals surface area contributed by atoms with Crippen molar-refractivity contribution in [3.63, 3.8) is 0 Å². The van der Waals surface area contributed by atoms with Gasteiger partial charge in [0.25, 0.3) is 5.91 Å². The molecule has 10 heteroatoms. The van der Waals surface area contributed by atoms with Crippen LogP contribution in [0.25, 0.3) is 0 Å². The molecule has 3 aromatic rings. The van der Waals surface area contributed by atoms with Gasteiger partial charge in [-0.05, 0) is 44.0 Å². The zero-order valence-corrected chi connectivity index (χ0v) is 18.1. The second-order valence-electron chi connectivity index (χ2n) is 7.29. The number of methoxy groups -OCH3 is 1. The molecule has 4 rings (SSSR count). The van der Waals surface area contributed by atoms with Crippen LogP contribution in [-0.2, 0) is 6.42 Å². The molecule has 0 saturated heterocycles. The Bertz CT molecular complexity index is 1230. The molecule has 33 heavy (non-hydrogen) atoms. The van der Waals surface area contributed by atoms with E-state index in [2.05, 4.69) is 21.4 Å². The Morgan fingerprint density at radius 2 is 1.79 bits per heavy atom. The summed E-state index contributed by atoms with van der Waals surface area (Å²) in [6, 6.07) is 9.80. The lowest BCUT2D eigenvalue weighted by Crippen LogP contribution is -2.41. The van der Waals surface area contributed by atoms with Crippen LogP contribution in [0.5, 0.6) is 5.75 Å². The van der Waals surface area contributed by atoms with Crippen molar-refractivity contribution >= 4 is 23.4 Å². The number of furan rings is 2. The van der Waals surface area contributed by atoms with E-state index in [9.17, 15) is 14.4 Å². The van der Waals surface area contributed by atoms with E-state index in [1.54, 1.807) is 37.3 Å². The van der Waals surface area contributed by atoms with Crippen molar-refractivity contribution in [3.8, 4) is 5.75 Å². The molecule has 0 atom stereocenters. The highest BCUT2D eigenvalue weighted by Crippen LogP contribution is 2.29. The molecule has 0 bridgehead atoms. The number of fused-ring (bicyclic) bond motifs is 1. The Labute approximate surface area is 188 Å². The topological polar surface area (TPSA) is 135 Å². The van der Waals surface area contributed by atoms with Crippen LogP contribution in [0.2, 0.25) is 0 Å².